The van der Waals surface area contributed by atoms with Gasteiger partial charge in [0, 0.05) is 12.4 Å². The Morgan fingerprint density at radius 1 is 0.973 bits per heavy atom. The van der Waals surface area contributed by atoms with Crippen LogP contribution in [0.25, 0.3) is 21.0 Å². The molecule has 0 bridgehead atoms. The third kappa shape index (κ3) is 5.04. The number of hydrogen-bond donors (Lipinski definition) is 1. The molecule has 3 aromatic carbocycles. The Bertz CT molecular complexity index is 1700. The lowest BCUT2D eigenvalue weighted by atomic mass is 10.1. The van der Waals surface area contributed by atoms with Crippen LogP contribution < -0.4 is 16.0 Å². The van der Waals surface area contributed by atoms with Crippen LogP contribution in [-0.4, -0.2) is 32.9 Å². The molecular weight excluding hydrogens is 492 g/mol. The van der Waals surface area contributed by atoms with Gasteiger partial charge >= 0.3 is 11.7 Å². The summed E-state index contributed by atoms with van der Waals surface area (Å²) in [6.45, 7) is -0.266. The third-order valence-electron chi connectivity index (χ3n) is 6.00. The number of ether oxygens (including phenoxy) is 2. The van der Waals surface area contributed by atoms with E-state index in [-0.39, 0.29) is 30.0 Å². The van der Waals surface area contributed by atoms with Gasteiger partial charge in [0.15, 0.2) is 0 Å². The lowest BCUT2D eigenvalue weighted by molar-refractivity contribution is 0.0478. The molecule has 1 N–H and O–H groups in total. The molecule has 37 heavy (non-hydrogen) atoms. The second-order valence-corrected chi connectivity index (χ2v) is 9.62. The summed E-state index contributed by atoms with van der Waals surface area (Å²) >= 11 is 1.02. The Hall–Kier alpha value is -4.21. The van der Waals surface area contributed by atoms with Gasteiger partial charge in [-0.1, -0.05) is 66.7 Å². The van der Waals surface area contributed by atoms with Crippen LogP contribution in [0.1, 0.15) is 15.2 Å². The Kier molecular flexibility index (Phi) is 6.89. The number of hydrogen-bond acceptors (Lipinski definition) is 7. The van der Waals surface area contributed by atoms with Gasteiger partial charge in [-0.3, -0.25) is 13.9 Å². The molecule has 0 saturated heterocycles. The normalized spacial score (nSPS) is 12.1. The molecule has 2 aromatic heterocycles. The maximum Gasteiger partial charge on any atom is 0.348 e. The Labute approximate surface area is 215 Å². The van der Waals surface area contributed by atoms with Gasteiger partial charge in [0.1, 0.15) is 34.8 Å². The standard InChI is InChI=1S/C28H24N2O6S/c1-29-26-22(14-24(37-26)27(33)36-16-18-8-3-2-4-9-18)25(32)30(28(29)34)15-20(31)17-35-23-13-7-11-19-10-5-6-12-21(19)23/h2-14,20,31H,15-17H2,1H3. The van der Waals surface area contributed by atoms with Gasteiger partial charge in [0.05, 0.1) is 11.9 Å². The number of benzene rings is 3. The van der Waals surface area contributed by atoms with E-state index in [1.165, 1.54) is 17.7 Å². The highest BCUT2D eigenvalue weighted by Crippen LogP contribution is 2.25. The van der Waals surface area contributed by atoms with E-state index in [2.05, 4.69) is 0 Å². The number of thiophene rings is 1. The number of carbonyl (C=O) groups excluding carboxylic acids is 1. The zero-order chi connectivity index (χ0) is 25.9. The van der Waals surface area contributed by atoms with Gasteiger partial charge in [-0.2, -0.15) is 0 Å². The molecule has 1 unspecified atom stereocenters. The molecule has 9 heteroatoms. The summed E-state index contributed by atoms with van der Waals surface area (Å²) in [5.41, 5.74) is -0.333. The molecule has 5 aromatic rings. The molecule has 0 aliphatic carbocycles. The van der Waals surface area contributed by atoms with E-state index in [9.17, 15) is 19.5 Å². The van der Waals surface area contributed by atoms with Crippen molar-refractivity contribution in [3.05, 3.63) is 110 Å². The van der Waals surface area contributed by atoms with Crippen LogP contribution >= 0.6 is 11.3 Å². The van der Waals surface area contributed by atoms with Crippen molar-refractivity contribution >= 4 is 38.3 Å². The summed E-state index contributed by atoms with van der Waals surface area (Å²) in [5, 5.41) is 12.7. The fourth-order valence-electron chi connectivity index (χ4n) is 4.11. The lowest BCUT2D eigenvalue weighted by Crippen LogP contribution is -2.42. The van der Waals surface area contributed by atoms with Gasteiger partial charge in [-0.25, -0.2) is 9.59 Å². The maximum absolute atomic E-state index is 13.2. The van der Waals surface area contributed by atoms with Crippen LogP contribution in [0.15, 0.2) is 88.5 Å². The minimum Gasteiger partial charge on any atom is -0.490 e. The van der Waals surface area contributed by atoms with Crippen molar-refractivity contribution in [1.82, 2.24) is 9.13 Å². The van der Waals surface area contributed by atoms with E-state index in [1.807, 2.05) is 66.7 Å². The zero-order valence-corrected chi connectivity index (χ0v) is 20.8. The van der Waals surface area contributed by atoms with Crippen LogP contribution in [0.2, 0.25) is 0 Å². The quantitative estimate of drug-likeness (QED) is 0.316. The first-order valence-corrected chi connectivity index (χ1v) is 12.5. The number of carbonyl (C=O) groups is 1. The second kappa shape index (κ2) is 10.4. The Morgan fingerprint density at radius 2 is 1.70 bits per heavy atom. The molecule has 0 aliphatic heterocycles. The SMILES string of the molecule is Cn1c(=O)n(CC(O)COc2cccc3ccccc23)c(=O)c2cc(C(=O)OCc3ccccc3)sc21. The maximum atomic E-state index is 13.2. The average molecular weight is 517 g/mol. The molecular formula is C28H24N2O6S. The molecule has 0 amide bonds. The number of esters is 1. The number of nitrogens with zero attached hydrogens (tertiary/aromatic N) is 2. The summed E-state index contributed by atoms with van der Waals surface area (Å²) in [5.74, 6) is 0.0244. The highest BCUT2D eigenvalue weighted by Gasteiger charge is 2.20. The van der Waals surface area contributed by atoms with Crippen molar-refractivity contribution in [3.63, 3.8) is 0 Å². The van der Waals surface area contributed by atoms with Crippen molar-refractivity contribution in [2.24, 2.45) is 7.05 Å². The summed E-state index contributed by atoms with van der Waals surface area (Å²) in [6, 6.07) is 24.0. The summed E-state index contributed by atoms with van der Waals surface area (Å²) in [4.78, 5) is 39.3. The molecule has 5 rings (SSSR count). The molecule has 0 saturated carbocycles. The minimum absolute atomic E-state index is 0.0972. The predicted molar refractivity (Wildman–Crippen MR) is 142 cm³/mol. The van der Waals surface area contributed by atoms with Crippen LogP contribution in [0.3, 0.4) is 0 Å². The first-order chi connectivity index (χ1) is 17.9. The zero-order valence-electron chi connectivity index (χ0n) is 20.0. The number of rotatable bonds is 8. The van der Waals surface area contributed by atoms with E-state index in [0.717, 1.165) is 32.2 Å². The fourth-order valence-corrected chi connectivity index (χ4v) is 5.11. The molecule has 0 fully saturated rings. The van der Waals surface area contributed by atoms with Gasteiger partial charge in [-0.15, -0.1) is 11.3 Å². The predicted octanol–water partition coefficient (Wildman–Crippen LogP) is 3.71. The number of aromatic nitrogens is 2. The number of aryl methyl sites for hydroxylation is 1. The van der Waals surface area contributed by atoms with E-state index in [4.69, 9.17) is 9.47 Å². The molecule has 0 spiro atoms. The minimum atomic E-state index is -1.12. The fraction of sp³-hybridized carbons (Fsp3) is 0.179. The monoisotopic (exact) mass is 516 g/mol. The summed E-state index contributed by atoms with van der Waals surface area (Å²) in [6.07, 6.45) is -1.12. The highest BCUT2D eigenvalue weighted by molar-refractivity contribution is 7.20. The van der Waals surface area contributed by atoms with Crippen LogP contribution in [0.4, 0.5) is 0 Å². The molecule has 188 valence electrons. The topological polar surface area (TPSA) is 99.8 Å². The first kappa shape index (κ1) is 24.5. The van der Waals surface area contributed by atoms with E-state index >= 15 is 0 Å². The van der Waals surface area contributed by atoms with Crippen molar-refractivity contribution in [1.29, 1.82) is 0 Å². The smallest absolute Gasteiger partial charge is 0.348 e. The highest BCUT2D eigenvalue weighted by atomic mass is 32.1. The Balaban J connectivity index is 1.34. The van der Waals surface area contributed by atoms with Gasteiger partial charge in [0.2, 0.25) is 0 Å². The van der Waals surface area contributed by atoms with Crippen LogP contribution in [0, 0.1) is 0 Å². The lowest BCUT2D eigenvalue weighted by Gasteiger charge is -2.15. The molecule has 0 radical (unpaired) electrons. The van der Waals surface area contributed by atoms with Crippen molar-refractivity contribution in [2.75, 3.05) is 6.61 Å². The third-order valence-corrected chi connectivity index (χ3v) is 7.19. The van der Waals surface area contributed by atoms with Crippen molar-refractivity contribution < 1.29 is 19.4 Å². The number of aliphatic hydroxyl groups excluding tert-OH is 1. The van der Waals surface area contributed by atoms with Gasteiger partial charge in [0.25, 0.3) is 5.56 Å². The second-order valence-electron chi connectivity index (χ2n) is 8.59. The van der Waals surface area contributed by atoms with Gasteiger partial charge in [-0.05, 0) is 23.1 Å². The van der Waals surface area contributed by atoms with E-state index < -0.39 is 23.3 Å². The molecule has 1 atom stereocenters. The Morgan fingerprint density at radius 3 is 2.51 bits per heavy atom. The van der Waals surface area contributed by atoms with Crippen LogP contribution in [0.5, 0.6) is 5.75 Å². The van der Waals surface area contributed by atoms with Crippen LogP contribution in [-0.2, 0) is 24.9 Å². The average Bonchev–Trinajstić information content (AvgIpc) is 3.38. The van der Waals surface area contributed by atoms with E-state index in [1.54, 1.807) is 6.07 Å². The summed E-state index contributed by atoms with van der Waals surface area (Å²) < 4.78 is 13.5. The molecule has 8 nitrogen and oxygen atoms in total. The van der Waals surface area contributed by atoms with Crippen molar-refractivity contribution in [3.8, 4) is 5.75 Å². The summed E-state index contributed by atoms with van der Waals surface area (Å²) in [7, 11) is 1.52. The van der Waals surface area contributed by atoms with Gasteiger partial charge < -0.3 is 14.6 Å². The van der Waals surface area contributed by atoms with E-state index in [0.29, 0.717) is 10.6 Å². The number of aliphatic hydroxyl groups is 1. The van der Waals surface area contributed by atoms with Crippen molar-refractivity contribution in [2.45, 2.75) is 19.3 Å². The molecule has 2 heterocycles. The molecule has 0 aliphatic rings. The number of fused-ring (bicyclic) bond motifs is 2. The largest absolute Gasteiger partial charge is 0.490 e. The first-order valence-electron chi connectivity index (χ1n) is 11.7.